The minimum absolute atomic E-state index is 0.0277. The summed E-state index contributed by atoms with van der Waals surface area (Å²) in [5, 5.41) is 0.618. The summed E-state index contributed by atoms with van der Waals surface area (Å²) in [5.74, 6) is -0.466. The molecule has 0 saturated carbocycles. The van der Waals surface area contributed by atoms with Crippen molar-refractivity contribution in [1.82, 2.24) is 9.55 Å². The van der Waals surface area contributed by atoms with E-state index < -0.39 is 21.5 Å². The molecule has 1 aromatic heterocycles. The molecule has 3 rings (SSSR count). The van der Waals surface area contributed by atoms with E-state index in [0.29, 0.717) is 16.6 Å². The number of sulfonamides is 1. The molecule has 0 aliphatic heterocycles. The van der Waals surface area contributed by atoms with Crippen molar-refractivity contribution in [2.75, 3.05) is 4.72 Å². The summed E-state index contributed by atoms with van der Waals surface area (Å²) in [6.45, 7) is 1.50. The molecule has 0 saturated heterocycles. The van der Waals surface area contributed by atoms with Crippen LogP contribution in [0.15, 0.2) is 52.3 Å². The van der Waals surface area contributed by atoms with Crippen LogP contribution in [0.1, 0.15) is 5.56 Å². The van der Waals surface area contributed by atoms with Gasteiger partial charge in [-0.1, -0.05) is 0 Å². The molecule has 2 aromatic carbocycles. The lowest BCUT2D eigenvalue weighted by atomic mass is 10.2. The summed E-state index contributed by atoms with van der Waals surface area (Å²) in [4.78, 5) is 15.4. The van der Waals surface area contributed by atoms with Gasteiger partial charge in [0.1, 0.15) is 5.82 Å². The maximum atomic E-state index is 13.3. The second-order valence-corrected chi connectivity index (χ2v) is 7.11. The van der Waals surface area contributed by atoms with E-state index in [2.05, 4.69) is 9.71 Å². The summed E-state index contributed by atoms with van der Waals surface area (Å²) in [6.07, 6.45) is 1.57. The van der Waals surface area contributed by atoms with Crippen molar-refractivity contribution in [2.45, 2.75) is 11.8 Å². The number of fused-ring (bicyclic) bond motifs is 1. The maximum absolute atomic E-state index is 13.3. The lowest BCUT2D eigenvalue weighted by Gasteiger charge is -2.10. The smallest absolute Gasteiger partial charge is 0.302 e. The summed E-state index contributed by atoms with van der Waals surface area (Å²) in [7, 11) is -2.28. The number of aryl methyl sites for hydroxylation is 2. The fraction of sp³-hybridized carbons (Fsp3) is 0.125. The van der Waals surface area contributed by atoms with Gasteiger partial charge in [-0.3, -0.25) is 4.72 Å². The standard InChI is InChI=1S/C16H14FN3O3S/c1-10-7-13(4-5-14(10)17)24(22,23)19-12-3-6-15-11(8-12)9-20(2)16(21)18-15/h3-9,19H,1-2H3. The highest BCUT2D eigenvalue weighted by molar-refractivity contribution is 7.92. The van der Waals surface area contributed by atoms with Gasteiger partial charge in [-0.05, 0) is 48.9 Å². The van der Waals surface area contributed by atoms with Gasteiger partial charge in [0.2, 0.25) is 0 Å². The summed E-state index contributed by atoms with van der Waals surface area (Å²) >= 11 is 0. The van der Waals surface area contributed by atoms with Gasteiger partial charge in [-0.25, -0.2) is 17.6 Å². The summed E-state index contributed by atoms with van der Waals surface area (Å²) in [6, 6.07) is 8.24. The highest BCUT2D eigenvalue weighted by Crippen LogP contribution is 2.21. The van der Waals surface area contributed by atoms with Crippen LogP contribution in [0.2, 0.25) is 0 Å². The summed E-state index contributed by atoms with van der Waals surface area (Å²) in [5.41, 5.74) is 0.650. The van der Waals surface area contributed by atoms with Crippen LogP contribution < -0.4 is 10.4 Å². The van der Waals surface area contributed by atoms with E-state index >= 15 is 0 Å². The van der Waals surface area contributed by atoms with Crippen molar-refractivity contribution in [3.05, 3.63) is 64.5 Å². The predicted octanol–water partition coefficient (Wildman–Crippen LogP) is 2.18. The van der Waals surface area contributed by atoms with E-state index in [1.54, 1.807) is 25.4 Å². The van der Waals surface area contributed by atoms with Crippen LogP contribution in [0.5, 0.6) is 0 Å². The van der Waals surface area contributed by atoms with Gasteiger partial charge >= 0.3 is 5.69 Å². The van der Waals surface area contributed by atoms with Crippen molar-refractivity contribution in [3.8, 4) is 0 Å². The molecule has 1 N–H and O–H groups in total. The average Bonchev–Trinajstić information content (AvgIpc) is 2.51. The zero-order chi connectivity index (χ0) is 17.5. The van der Waals surface area contributed by atoms with Gasteiger partial charge in [0.25, 0.3) is 10.0 Å². The van der Waals surface area contributed by atoms with Gasteiger partial charge in [0.15, 0.2) is 0 Å². The molecule has 6 nitrogen and oxygen atoms in total. The number of nitrogens with zero attached hydrogens (tertiary/aromatic N) is 2. The van der Waals surface area contributed by atoms with E-state index in [0.717, 1.165) is 6.07 Å². The molecule has 0 radical (unpaired) electrons. The average molecular weight is 347 g/mol. The number of benzene rings is 2. The second kappa shape index (κ2) is 5.72. The Morgan fingerprint density at radius 3 is 2.62 bits per heavy atom. The van der Waals surface area contributed by atoms with E-state index in [4.69, 9.17) is 0 Å². The van der Waals surface area contributed by atoms with Gasteiger partial charge < -0.3 is 4.57 Å². The number of halogens is 1. The third-order valence-electron chi connectivity index (χ3n) is 3.57. The number of hydrogen-bond donors (Lipinski definition) is 1. The Morgan fingerprint density at radius 2 is 1.92 bits per heavy atom. The third-order valence-corrected chi connectivity index (χ3v) is 4.95. The topological polar surface area (TPSA) is 81.1 Å². The Morgan fingerprint density at radius 1 is 1.17 bits per heavy atom. The zero-order valence-electron chi connectivity index (χ0n) is 12.9. The Balaban J connectivity index is 2.00. The number of hydrogen-bond acceptors (Lipinski definition) is 4. The molecular formula is C16H14FN3O3S. The first-order valence-corrected chi connectivity index (χ1v) is 8.51. The fourth-order valence-corrected chi connectivity index (χ4v) is 3.40. The first kappa shape index (κ1) is 16.1. The zero-order valence-corrected chi connectivity index (χ0v) is 13.8. The van der Waals surface area contributed by atoms with Crippen LogP contribution in [0.4, 0.5) is 10.1 Å². The fourth-order valence-electron chi connectivity index (χ4n) is 2.27. The van der Waals surface area contributed by atoms with Crippen LogP contribution >= 0.6 is 0 Å². The second-order valence-electron chi connectivity index (χ2n) is 5.42. The van der Waals surface area contributed by atoms with Crippen molar-refractivity contribution in [1.29, 1.82) is 0 Å². The molecule has 0 fully saturated rings. The lowest BCUT2D eigenvalue weighted by molar-refractivity contribution is 0.598. The minimum Gasteiger partial charge on any atom is -0.302 e. The predicted molar refractivity (Wildman–Crippen MR) is 88.9 cm³/mol. The first-order valence-electron chi connectivity index (χ1n) is 7.03. The van der Waals surface area contributed by atoms with Crippen LogP contribution in [-0.2, 0) is 17.1 Å². The molecule has 24 heavy (non-hydrogen) atoms. The molecular weight excluding hydrogens is 333 g/mol. The lowest BCUT2D eigenvalue weighted by Crippen LogP contribution is -2.19. The Bertz CT molecular complexity index is 1110. The molecule has 0 aliphatic rings. The third kappa shape index (κ3) is 3.00. The van der Waals surface area contributed by atoms with Crippen LogP contribution in [-0.4, -0.2) is 18.0 Å². The maximum Gasteiger partial charge on any atom is 0.347 e. The Hall–Kier alpha value is -2.74. The van der Waals surface area contributed by atoms with Crippen molar-refractivity contribution in [3.63, 3.8) is 0 Å². The molecule has 0 spiro atoms. The highest BCUT2D eigenvalue weighted by Gasteiger charge is 2.16. The van der Waals surface area contributed by atoms with E-state index in [1.807, 2.05) is 0 Å². The molecule has 3 aromatic rings. The van der Waals surface area contributed by atoms with Crippen molar-refractivity contribution >= 4 is 26.6 Å². The monoisotopic (exact) mass is 347 g/mol. The number of anilines is 1. The number of aromatic nitrogens is 2. The SMILES string of the molecule is Cc1cc(S(=O)(=O)Nc2ccc3nc(=O)n(C)cc3c2)ccc1F. The number of nitrogens with one attached hydrogen (secondary N) is 1. The van der Waals surface area contributed by atoms with Crippen LogP contribution in [0.25, 0.3) is 10.9 Å². The van der Waals surface area contributed by atoms with Gasteiger partial charge in [0.05, 0.1) is 10.4 Å². The largest absolute Gasteiger partial charge is 0.347 e. The molecule has 8 heteroatoms. The van der Waals surface area contributed by atoms with E-state index in [1.165, 1.54) is 29.7 Å². The van der Waals surface area contributed by atoms with Gasteiger partial charge in [0, 0.05) is 24.3 Å². The van der Waals surface area contributed by atoms with Gasteiger partial charge in [-0.2, -0.15) is 4.98 Å². The first-order chi connectivity index (χ1) is 11.3. The van der Waals surface area contributed by atoms with Gasteiger partial charge in [-0.15, -0.1) is 0 Å². The van der Waals surface area contributed by atoms with Crippen molar-refractivity contribution in [2.24, 2.45) is 7.05 Å². The molecule has 1 heterocycles. The van der Waals surface area contributed by atoms with E-state index in [-0.39, 0.29) is 10.5 Å². The van der Waals surface area contributed by atoms with Crippen LogP contribution in [0, 0.1) is 12.7 Å². The number of rotatable bonds is 3. The molecule has 0 amide bonds. The molecule has 0 atom stereocenters. The molecule has 124 valence electrons. The minimum atomic E-state index is -3.85. The molecule has 0 aliphatic carbocycles. The highest BCUT2D eigenvalue weighted by atomic mass is 32.2. The quantitative estimate of drug-likeness (QED) is 0.787. The molecule has 0 unspecified atom stereocenters. The molecule has 0 bridgehead atoms. The Labute approximate surface area is 137 Å². The Kier molecular flexibility index (Phi) is 3.84. The normalized spacial score (nSPS) is 11.6. The summed E-state index contributed by atoms with van der Waals surface area (Å²) < 4.78 is 41.9. The van der Waals surface area contributed by atoms with E-state index in [9.17, 15) is 17.6 Å². The van der Waals surface area contributed by atoms with Crippen LogP contribution in [0.3, 0.4) is 0 Å². The van der Waals surface area contributed by atoms with Crippen molar-refractivity contribution < 1.29 is 12.8 Å².